The van der Waals surface area contributed by atoms with Gasteiger partial charge in [0.1, 0.15) is 6.10 Å². The molecule has 1 saturated carbocycles. The molecule has 5 rings (SSSR count). The fourth-order valence-electron chi connectivity index (χ4n) is 6.30. The average molecular weight is 391 g/mol. The van der Waals surface area contributed by atoms with Crippen molar-refractivity contribution in [2.24, 2.45) is 17.3 Å². The molecule has 5 atom stereocenters. The van der Waals surface area contributed by atoms with Crippen LogP contribution in [0.25, 0.3) is 0 Å². The number of ether oxygens (including phenoxy) is 2. The molecule has 0 radical (unpaired) electrons. The summed E-state index contributed by atoms with van der Waals surface area (Å²) in [5.74, 6) is 2.13. The molecule has 1 spiro atoms. The van der Waals surface area contributed by atoms with Gasteiger partial charge in [-0.1, -0.05) is 6.08 Å². The molecule has 6 heteroatoms. The van der Waals surface area contributed by atoms with Crippen molar-refractivity contribution in [3.63, 3.8) is 0 Å². The minimum atomic E-state index is -0.296. The molecule has 1 N–H and O–H groups in total. The molecule has 0 bridgehead atoms. The van der Waals surface area contributed by atoms with Crippen LogP contribution < -0.4 is 0 Å². The van der Waals surface area contributed by atoms with E-state index in [1.807, 2.05) is 5.06 Å². The van der Waals surface area contributed by atoms with Gasteiger partial charge in [0.2, 0.25) is 0 Å². The number of rotatable bonds is 4. The highest BCUT2D eigenvalue weighted by molar-refractivity contribution is 5.38. The van der Waals surface area contributed by atoms with Crippen molar-refractivity contribution < 1.29 is 19.4 Å². The van der Waals surface area contributed by atoms with Gasteiger partial charge in [-0.3, -0.25) is 14.8 Å². The Bertz CT molecular complexity index is 644. The Labute approximate surface area is 168 Å². The molecule has 1 saturated heterocycles. The molecule has 0 amide bonds. The molecule has 3 aliphatic heterocycles. The molecule has 3 heterocycles. The Morgan fingerprint density at radius 2 is 2.14 bits per heavy atom. The number of hydrogen-bond donors (Lipinski definition) is 1. The van der Waals surface area contributed by atoms with E-state index in [1.54, 1.807) is 7.11 Å². The maximum Gasteiger partial charge on any atom is 0.111 e. The van der Waals surface area contributed by atoms with Crippen molar-refractivity contribution >= 4 is 0 Å². The summed E-state index contributed by atoms with van der Waals surface area (Å²) in [4.78, 5) is 8.13. The molecule has 156 valence electrons. The Morgan fingerprint density at radius 1 is 1.29 bits per heavy atom. The molecule has 0 aromatic heterocycles. The first-order valence-electron chi connectivity index (χ1n) is 11.1. The van der Waals surface area contributed by atoms with Crippen LogP contribution in [-0.2, 0) is 14.3 Å². The fraction of sp³-hybridized carbons (Fsp3) is 0.818. The van der Waals surface area contributed by atoms with Crippen molar-refractivity contribution in [1.29, 1.82) is 0 Å². The van der Waals surface area contributed by atoms with Crippen LogP contribution in [0, 0.1) is 17.3 Å². The first kappa shape index (κ1) is 18.9. The molecular formula is C22H34N2O4. The second-order valence-electron chi connectivity index (χ2n) is 9.26. The van der Waals surface area contributed by atoms with Gasteiger partial charge < -0.3 is 14.6 Å². The monoisotopic (exact) mass is 390 g/mol. The predicted octanol–water partition coefficient (Wildman–Crippen LogP) is 2.31. The molecule has 2 fully saturated rings. The van der Waals surface area contributed by atoms with Crippen molar-refractivity contribution in [2.75, 3.05) is 46.5 Å². The fourth-order valence-corrected chi connectivity index (χ4v) is 6.30. The summed E-state index contributed by atoms with van der Waals surface area (Å²) in [5.41, 5.74) is 1.48. The standard InChI is InChI=1S/C22H34N2O4/c1-26-24-7-5-22-14-16(4-6-23-8-10-27-11-9-23)2-3-20(22)28-19-13-18(25)12-17(15-24)21(19)22/h5,7,16-18,20,25H,2-4,6,8-15H2,1H3/t16?,17?,18-,20?,22?/m1/s1. The zero-order valence-electron chi connectivity index (χ0n) is 17.0. The van der Waals surface area contributed by atoms with Crippen LogP contribution >= 0.6 is 0 Å². The maximum atomic E-state index is 10.4. The van der Waals surface area contributed by atoms with E-state index in [1.165, 1.54) is 31.4 Å². The zero-order valence-corrected chi connectivity index (χ0v) is 17.0. The second-order valence-corrected chi connectivity index (χ2v) is 9.26. The van der Waals surface area contributed by atoms with Crippen LogP contribution in [-0.4, -0.2) is 73.8 Å². The maximum absolute atomic E-state index is 10.4. The van der Waals surface area contributed by atoms with E-state index in [9.17, 15) is 5.11 Å². The van der Waals surface area contributed by atoms with Crippen LogP contribution in [0.4, 0.5) is 0 Å². The molecule has 5 aliphatic rings. The van der Waals surface area contributed by atoms with E-state index in [4.69, 9.17) is 14.3 Å². The lowest BCUT2D eigenvalue weighted by Crippen LogP contribution is -2.42. The van der Waals surface area contributed by atoms with Gasteiger partial charge in [0.15, 0.2) is 0 Å². The van der Waals surface area contributed by atoms with Gasteiger partial charge in [-0.15, -0.1) is 0 Å². The van der Waals surface area contributed by atoms with Gasteiger partial charge >= 0.3 is 0 Å². The topological polar surface area (TPSA) is 54.4 Å². The van der Waals surface area contributed by atoms with Crippen LogP contribution in [0.3, 0.4) is 0 Å². The largest absolute Gasteiger partial charge is 0.493 e. The van der Waals surface area contributed by atoms with E-state index in [-0.39, 0.29) is 17.6 Å². The number of nitrogens with zero attached hydrogens (tertiary/aromatic N) is 2. The lowest BCUT2D eigenvalue weighted by atomic mass is 9.60. The number of aliphatic hydroxyl groups is 1. The minimum Gasteiger partial charge on any atom is -0.493 e. The highest BCUT2D eigenvalue weighted by atomic mass is 16.7. The van der Waals surface area contributed by atoms with Crippen LogP contribution in [0.2, 0.25) is 0 Å². The first-order valence-corrected chi connectivity index (χ1v) is 11.1. The minimum absolute atomic E-state index is 0.00134. The van der Waals surface area contributed by atoms with Gasteiger partial charge in [0.25, 0.3) is 0 Å². The van der Waals surface area contributed by atoms with Gasteiger partial charge in [0.05, 0.1) is 44.1 Å². The zero-order chi connectivity index (χ0) is 19.1. The van der Waals surface area contributed by atoms with E-state index < -0.39 is 0 Å². The summed E-state index contributed by atoms with van der Waals surface area (Å²) < 4.78 is 12.0. The highest BCUT2D eigenvalue weighted by Crippen LogP contribution is 2.59. The van der Waals surface area contributed by atoms with Gasteiger partial charge in [0, 0.05) is 31.6 Å². The summed E-state index contributed by atoms with van der Waals surface area (Å²) in [7, 11) is 1.73. The predicted molar refractivity (Wildman–Crippen MR) is 105 cm³/mol. The lowest BCUT2D eigenvalue weighted by Gasteiger charge is -2.43. The summed E-state index contributed by atoms with van der Waals surface area (Å²) in [6.45, 7) is 5.88. The van der Waals surface area contributed by atoms with Crippen molar-refractivity contribution in [2.45, 2.75) is 50.7 Å². The third-order valence-electron chi connectivity index (χ3n) is 7.64. The van der Waals surface area contributed by atoms with Crippen molar-refractivity contribution in [3.8, 4) is 0 Å². The molecular weight excluding hydrogens is 356 g/mol. The summed E-state index contributed by atoms with van der Waals surface area (Å²) in [6, 6.07) is 0. The van der Waals surface area contributed by atoms with Crippen LogP contribution in [0.5, 0.6) is 0 Å². The number of morpholine rings is 1. The SMILES string of the molecule is CON1C=CC23CC(CCN4CCOCC4)CCC2OC2=C3C(C[C@@H](O)C2)C1. The Hall–Kier alpha value is -1.08. The number of aliphatic hydroxyl groups excluding tert-OH is 1. The normalized spacial score (nSPS) is 40.7. The van der Waals surface area contributed by atoms with Crippen LogP contribution in [0.1, 0.15) is 38.5 Å². The smallest absolute Gasteiger partial charge is 0.111 e. The quantitative estimate of drug-likeness (QED) is 0.795. The van der Waals surface area contributed by atoms with E-state index in [2.05, 4.69) is 17.2 Å². The third kappa shape index (κ3) is 3.28. The number of hydroxylamine groups is 2. The van der Waals surface area contributed by atoms with Gasteiger partial charge in [-0.25, -0.2) is 0 Å². The summed E-state index contributed by atoms with van der Waals surface area (Å²) >= 11 is 0. The Kier molecular flexibility index (Phi) is 5.16. The lowest BCUT2D eigenvalue weighted by molar-refractivity contribution is -0.0967. The molecule has 0 aromatic rings. The van der Waals surface area contributed by atoms with Gasteiger partial charge in [-0.05, 0) is 50.1 Å². The number of hydrogen-bond acceptors (Lipinski definition) is 6. The first-order chi connectivity index (χ1) is 13.7. The average Bonchev–Trinajstić information content (AvgIpc) is 2.94. The summed E-state index contributed by atoms with van der Waals surface area (Å²) in [5, 5.41) is 12.4. The van der Waals surface area contributed by atoms with E-state index >= 15 is 0 Å². The summed E-state index contributed by atoms with van der Waals surface area (Å²) in [6.07, 6.45) is 10.7. The molecule has 2 aliphatic carbocycles. The van der Waals surface area contributed by atoms with E-state index in [0.29, 0.717) is 12.3 Å². The molecule has 0 aromatic carbocycles. The van der Waals surface area contributed by atoms with Crippen molar-refractivity contribution in [1.82, 2.24) is 9.96 Å². The molecule has 6 nitrogen and oxygen atoms in total. The second kappa shape index (κ2) is 7.63. The molecule has 4 unspecified atom stereocenters. The Balaban J connectivity index is 1.37. The van der Waals surface area contributed by atoms with Crippen molar-refractivity contribution in [3.05, 3.63) is 23.6 Å². The van der Waals surface area contributed by atoms with E-state index in [0.717, 1.165) is 57.4 Å². The highest BCUT2D eigenvalue weighted by Gasteiger charge is 2.56. The van der Waals surface area contributed by atoms with Crippen LogP contribution in [0.15, 0.2) is 23.6 Å². The molecule has 28 heavy (non-hydrogen) atoms. The Morgan fingerprint density at radius 3 is 2.96 bits per heavy atom. The third-order valence-corrected chi connectivity index (χ3v) is 7.64. The van der Waals surface area contributed by atoms with Gasteiger partial charge in [-0.2, -0.15) is 0 Å².